The van der Waals surface area contributed by atoms with Gasteiger partial charge in [-0.3, -0.25) is 4.79 Å². The first-order chi connectivity index (χ1) is 14.1. The fourth-order valence-corrected chi connectivity index (χ4v) is 3.13. The number of pyridine rings is 1. The van der Waals surface area contributed by atoms with Crippen molar-refractivity contribution in [2.75, 3.05) is 0 Å². The SMILES string of the molecule is O=C([O-])CCCn1cc(OC(c2ccccc2)c2ccccc2)c(=O)cc1CO.[Na+]. The topological polar surface area (TPSA) is 91.6 Å². The predicted molar refractivity (Wildman–Crippen MR) is 106 cm³/mol. The van der Waals surface area contributed by atoms with Gasteiger partial charge in [-0.2, -0.15) is 0 Å². The molecule has 0 fully saturated rings. The molecule has 2 aromatic carbocycles. The molecule has 7 heteroatoms. The van der Waals surface area contributed by atoms with Crippen molar-refractivity contribution in [3.05, 3.63) is 100.0 Å². The van der Waals surface area contributed by atoms with Crippen LogP contribution in [0.2, 0.25) is 0 Å². The molecular weight excluding hydrogens is 393 g/mol. The molecule has 3 aromatic rings. The van der Waals surface area contributed by atoms with Gasteiger partial charge in [-0.15, -0.1) is 0 Å². The first-order valence-electron chi connectivity index (χ1n) is 9.39. The van der Waals surface area contributed by atoms with E-state index in [0.717, 1.165) is 11.1 Å². The molecule has 0 atom stereocenters. The fourth-order valence-electron chi connectivity index (χ4n) is 3.13. The number of ether oxygens (including phenoxy) is 1. The van der Waals surface area contributed by atoms with E-state index in [2.05, 4.69) is 0 Å². The number of aliphatic hydroxyl groups is 1. The van der Waals surface area contributed by atoms with Crippen molar-refractivity contribution >= 4 is 5.97 Å². The van der Waals surface area contributed by atoms with E-state index in [-0.39, 0.29) is 53.8 Å². The summed E-state index contributed by atoms with van der Waals surface area (Å²) in [7, 11) is 0. The van der Waals surface area contributed by atoms with Crippen molar-refractivity contribution in [3.8, 4) is 5.75 Å². The summed E-state index contributed by atoms with van der Waals surface area (Å²) in [6, 6.07) is 20.5. The Morgan fingerprint density at radius 3 is 2.10 bits per heavy atom. The van der Waals surface area contributed by atoms with Crippen molar-refractivity contribution in [1.82, 2.24) is 4.57 Å². The van der Waals surface area contributed by atoms with E-state index >= 15 is 0 Å². The molecule has 1 N–H and O–H groups in total. The van der Waals surface area contributed by atoms with E-state index in [9.17, 15) is 19.8 Å². The van der Waals surface area contributed by atoms with Gasteiger partial charge in [0.05, 0.1) is 12.8 Å². The molecule has 30 heavy (non-hydrogen) atoms. The Balaban J connectivity index is 0.00000320. The standard InChI is InChI=1S/C23H23NO5.Na/c25-16-19-14-20(26)21(15-24(19)13-7-12-22(27)28)29-23(17-8-3-1-4-9-17)18-10-5-2-6-11-18;/h1-6,8-11,14-15,23,25H,7,12-13,16H2,(H,27,28);/q;+1/p-1. The van der Waals surface area contributed by atoms with Crippen LogP contribution < -0.4 is 44.8 Å². The van der Waals surface area contributed by atoms with Gasteiger partial charge in [-0.25, -0.2) is 0 Å². The first kappa shape index (κ1) is 23.9. The van der Waals surface area contributed by atoms with Crippen molar-refractivity contribution in [2.24, 2.45) is 0 Å². The number of hydrogen-bond acceptors (Lipinski definition) is 5. The third-order valence-corrected chi connectivity index (χ3v) is 4.57. The van der Waals surface area contributed by atoms with Gasteiger partial charge in [0.25, 0.3) is 0 Å². The van der Waals surface area contributed by atoms with Crippen LogP contribution in [0.25, 0.3) is 0 Å². The van der Waals surface area contributed by atoms with Crippen LogP contribution in [0.5, 0.6) is 5.75 Å². The van der Waals surface area contributed by atoms with Gasteiger partial charge in [-0.05, 0) is 24.0 Å². The van der Waals surface area contributed by atoms with Crippen molar-refractivity contribution < 1.29 is 49.3 Å². The molecule has 0 radical (unpaired) electrons. The Hall–Kier alpha value is -2.38. The van der Waals surface area contributed by atoms with Gasteiger partial charge in [-0.1, -0.05) is 60.7 Å². The average Bonchev–Trinajstić information content (AvgIpc) is 2.74. The summed E-state index contributed by atoms with van der Waals surface area (Å²) in [6.45, 7) is -0.0104. The summed E-state index contributed by atoms with van der Waals surface area (Å²) in [5.41, 5.74) is 1.85. The molecule has 0 aliphatic rings. The summed E-state index contributed by atoms with van der Waals surface area (Å²) >= 11 is 0. The van der Waals surface area contributed by atoms with E-state index < -0.39 is 12.1 Å². The molecule has 1 aromatic heterocycles. The number of aryl methyl sites for hydroxylation is 1. The monoisotopic (exact) mass is 415 g/mol. The summed E-state index contributed by atoms with van der Waals surface area (Å²) in [6.07, 6.45) is 1.26. The number of aliphatic carboxylic acids is 1. The van der Waals surface area contributed by atoms with Crippen molar-refractivity contribution in [2.45, 2.75) is 32.1 Å². The van der Waals surface area contributed by atoms with Gasteiger partial charge >= 0.3 is 29.6 Å². The molecule has 1 heterocycles. The minimum absolute atomic E-state index is 0. The number of carbonyl (C=O) groups is 1. The number of carboxylic acid groups (broad SMARTS) is 1. The van der Waals surface area contributed by atoms with Gasteiger partial charge in [0.2, 0.25) is 5.43 Å². The number of rotatable bonds is 9. The van der Waals surface area contributed by atoms with Crippen molar-refractivity contribution in [3.63, 3.8) is 0 Å². The molecule has 0 bridgehead atoms. The van der Waals surface area contributed by atoms with E-state index in [1.807, 2.05) is 60.7 Å². The molecule has 0 aliphatic heterocycles. The second kappa shape index (κ2) is 11.7. The maximum absolute atomic E-state index is 12.6. The van der Waals surface area contributed by atoms with E-state index in [1.165, 1.54) is 12.3 Å². The fraction of sp³-hybridized carbons (Fsp3) is 0.217. The van der Waals surface area contributed by atoms with Gasteiger partial charge in [0.1, 0.15) is 6.10 Å². The molecule has 0 spiro atoms. The average molecular weight is 415 g/mol. The Morgan fingerprint density at radius 1 is 1.03 bits per heavy atom. The second-order valence-corrected chi connectivity index (χ2v) is 6.64. The molecule has 0 unspecified atom stereocenters. The molecule has 0 saturated heterocycles. The minimum atomic E-state index is -1.14. The first-order valence-corrected chi connectivity index (χ1v) is 9.39. The molecule has 0 amide bonds. The predicted octanol–water partition coefficient (Wildman–Crippen LogP) is -0.957. The van der Waals surface area contributed by atoms with Gasteiger partial charge in [0.15, 0.2) is 5.75 Å². The molecule has 0 aliphatic carbocycles. The zero-order valence-corrected chi connectivity index (χ0v) is 18.9. The molecule has 3 rings (SSSR count). The quantitative estimate of drug-likeness (QED) is 0.455. The summed E-state index contributed by atoms with van der Waals surface area (Å²) < 4.78 is 7.79. The van der Waals surface area contributed by atoms with Crippen LogP contribution >= 0.6 is 0 Å². The molecular formula is C23H22NNaO5. The number of carboxylic acids is 1. The Labute approximate surface area is 197 Å². The third kappa shape index (κ3) is 6.31. The van der Waals surface area contributed by atoms with Gasteiger partial charge in [0, 0.05) is 24.3 Å². The summed E-state index contributed by atoms with van der Waals surface area (Å²) in [5, 5.41) is 20.2. The van der Waals surface area contributed by atoms with Gasteiger partial charge < -0.3 is 24.3 Å². The number of hydrogen-bond donors (Lipinski definition) is 1. The Bertz CT molecular complexity index is 966. The maximum atomic E-state index is 12.6. The summed E-state index contributed by atoms with van der Waals surface area (Å²) in [4.78, 5) is 23.3. The number of nitrogens with zero attached hydrogens (tertiary/aromatic N) is 1. The zero-order chi connectivity index (χ0) is 20.6. The summed E-state index contributed by atoms with van der Waals surface area (Å²) in [5.74, 6) is -1.00. The van der Waals surface area contributed by atoms with Crippen LogP contribution in [-0.2, 0) is 17.9 Å². The number of aliphatic hydroxyl groups excluding tert-OH is 1. The second-order valence-electron chi connectivity index (χ2n) is 6.64. The van der Waals surface area contributed by atoms with E-state index in [1.54, 1.807) is 4.57 Å². The molecule has 150 valence electrons. The Kier molecular flexibility index (Phi) is 9.33. The molecule has 6 nitrogen and oxygen atoms in total. The Morgan fingerprint density at radius 2 is 1.60 bits per heavy atom. The largest absolute Gasteiger partial charge is 1.00 e. The number of aromatic nitrogens is 1. The number of benzene rings is 2. The normalized spacial score (nSPS) is 10.5. The zero-order valence-electron chi connectivity index (χ0n) is 16.9. The smallest absolute Gasteiger partial charge is 0.550 e. The van der Waals surface area contributed by atoms with Crippen LogP contribution in [0.3, 0.4) is 0 Å². The van der Waals surface area contributed by atoms with E-state index in [4.69, 9.17) is 4.74 Å². The van der Waals surface area contributed by atoms with Crippen LogP contribution in [0.15, 0.2) is 77.7 Å². The van der Waals surface area contributed by atoms with Crippen LogP contribution in [0.1, 0.15) is 35.8 Å². The van der Waals surface area contributed by atoms with Crippen molar-refractivity contribution in [1.29, 1.82) is 0 Å². The van der Waals surface area contributed by atoms with Crippen LogP contribution in [0.4, 0.5) is 0 Å². The van der Waals surface area contributed by atoms with E-state index in [0.29, 0.717) is 18.7 Å². The van der Waals surface area contributed by atoms with Crippen LogP contribution in [0, 0.1) is 0 Å². The minimum Gasteiger partial charge on any atom is -0.550 e. The van der Waals surface area contributed by atoms with Crippen LogP contribution in [-0.4, -0.2) is 15.6 Å². The third-order valence-electron chi connectivity index (χ3n) is 4.57. The number of carbonyl (C=O) groups excluding carboxylic acids is 1. The molecule has 0 saturated carbocycles. The maximum Gasteiger partial charge on any atom is 1.00 e.